The van der Waals surface area contributed by atoms with Crippen molar-refractivity contribution in [2.24, 2.45) is 12.9 Å². The number of nitrogens with one attached hydrogen (secondary N) is 1. The Morgan fingerprint density at radius 2 is 2.11 bits per heavy atom. The topological polar surface area (TPSA) is 55.9 Å². The van der Waals surface area contributed by atoms with Crippen molar-refractivity contribution >= 4 is 15.9 Å². The van der Waals surface area contributed by atoms with Crippen LogP contribution in [0.5, 0.6) is 0 Å². The third-order valence-corrected chi connectivity index (χ3v) is 3.43. The van der Waals surface area contributed by atoms with E-state index in [9.17, 15) is 4.39 Å². The van der Waals surface area contributed by atoms with Gasteiger partial charge in [-0.25, -0.2) is 4.39 Å². The highest BCUT2D eigenvalue weighted by molar-refractivity contribution is 9.10. The van der Waals surface area contributed by atoms with E-state index in [0.717, 1.165) is 15.7 Å². The minimum atomic E-state index is -0.238. The highest BCUT2D eigenvalue weighted by Crippen LogP contribution is 2.25. The predicted octanol–water partition coefficient (Wildman–Crippen LogP) is 2.07. The van der Waals surface area contributed by atoms with Crippen LogP contribution in [0, 0.1) is 5.82 Å². The van der Waals surface area contributed by atoms with E-state index in [1.54, 1.807) is 23.0 Å². The molecule has 2 aromatic rings. The second-order valence-electron chi connectivity index (χ2n) is 4.05. The minimum Gasteiger partial charge on any atom is -0.271 e. The van der Waals surface area contributed by atoms with E-state index < -0.39 is 0 Å². The first-order valence-corrected chi connectivity index (χ1v) is 6.29. The fourth-order valence-electron chi connectivity index (χ4n) is 1.90. The van der Waals surface area contributed by atoms with Crippen molar-refractivity contribution in [1.29, 1.82) is 0 Å². The average Bonchev–Trinajstić information content (AvgIpc) is 2.69. The van der Waals surface area contributed by atoms with E-state index in [1.807, 2.05) is 7.05 Å². The van der Waals surface area contributed by atoms with E-state index >= 15 is 0 Å². The highest BCUT2D eigenvalue weighted by atomic mass is 79.9. The van der Waals surface area contributed by atoms with Crippen LogP contribution in [0.4, 0.5) is 4.39 Å². The molecule has 0 aliphatic heterocycles. The van der Waals surface area contributed by atoms with Crippen LogP contribution in [0.25, 0.3) is 0 Å². The number of hydrogen-bond donors (Lipinski definition) is 2. The zero-order valence-electron chi connectivity index (χ0n) is 9.90. The van der Waals surface area contributed by atoms with Crippen molar-refractivity contribution in [3.8, 4) is 0 Å². The van der Waals surface area contributed by atoms with Crippen molar-refractivity contribution in [2.75, 3.05) is 0 Å². The fraction of sp³-hybridized carbons (Fsp3) is 0.250. The van der Waals surface area contributed by atoms with Crippen LogP contribution in [-0.4, -0.2) is 9.78 Å². The summed E-state index contributed by atoms with van der Waals surface area (Å²) in [4.78, 5) is 0. The predicted molar refractivity (Wildman–Crippen MR) is 71.1 cm³/mol. The molecule has 0 aliphatic rings. The van der Waals surface area contributed by atoms with E-state index in [0.29, 0.717) is 6.42 Å². The molecule has 3 N–H and O–H groups in total. The Hall–Kier alpha value is -1.24. The lowest BCUT2D eigenvalue weighted by Crippen LogP contribution is -2.31. The lowest BCUT2D eigenvalue weighted by Gasteiger charge is -2.17. The van der Waals surface area contributed by atoms with Crippen molar-refractivity contribution in [1.82, 2.24) is 15.2 Å². The van der Waals surface area contributed by atoms with Gasteiger partial charge in [-0.3, -0.25) is 16.0 Å². The van der Waals surface area contributed by atoms with Gasteiger partial charge in [0, 0.05) is 7.05 Å². The number of nitrogens with two attached hydrogens (primary N) is 1. The second-order valence-corrected chi connectivity index (χ2v) is 4.91. The smallest absolute Gasteiger partial charge is 0.123 e. The molecule has 1 unspecified atom stereocenters. The second kappa shape index (κ2) is 5.60. The van der Waals surface area contributed by atoms with Gasteiger partial charge >= 0.3 is 0 Å². The molecule has 0 bridgehead atoms. The molecule has 2 rings (SSSR count). The lowest BCUT2D eigenvalue weighted by atomic mass is 10.0. The molecule has 96 valence electrons. The number of hydrogen-bond acceptors (Lipinski definition) is 3. The van der Waals surface area contributed by atoms with Crippen molar-refractivity contribution in [3.63, 3.8) is 0 Å². The zero-order chi connectivity index (χ0) is 13.1. The number of hydrazine groups is 1. The number of benzene rings is 1. The largest absolute Gasteiger partial charge is 0.271 e. The van der Waals surface area contributed by atoms with Gasteiger partial charge < -0.3 is 0 Å². The Balaban J connectivity index is 2.22. The summed E-state index contributed by atoms with van der Waals surface area (Å²) in [6.07, 6.45) is 2.39. The Morgan fingerprint density at radius 1 is 1.44 bits per heavy atom. The molecule has 0 spiro atoms. The van der Waals surface area contributed by atoms with Gasteiger partial charge in [-0.15, -0.1) is 0 Å². The summed E-state index contributed by atoms with van der Waals surface area (Å²) in [5.41, 5.74) is 4.73. The molecule has 0 aliphatic carbocycles. The number of aryl methyl sites for hydroxylation is 1. The average molecular weight is 313 g/mol. The molecule has 1 atom stereocenters. The summed E-state index contributed by atoms with van der Waals surface area (Å²) >= 11 is 3.44. The minimum absolute atomic E-state index is 0.0858. The highest BCUT2D eigenvalue weighted by Gasteiger charge is 2.18. The molecule has 1 heterocycles. The van der Waals surface area contributed by atoms with Crippen LogP contribution >= 0.6 is 15.9 Å². The SMILES string of the molecule is Cn1ncc(Br)c1C(Cc1ccc(F)cc1)NN. The van der Waals surface area contributed by atoms with Crippen LogP contribution in [0.15, 0.2) is 34.9 Å². The van der Waals surface area contributed by atoms with Gasteiger partial charge in [0.25, 0.3) is 0 Å². The number of aromatic nitrogens is 2. The molecule has 0 fully saturated rings. The van der Waals surface area contributed by atoms with Crippen LogP contribution in [0.3, 0.4) is 0 Å². The van der Waals surface area contributed by atoms with Gasteiger partial charge in [-0.05, 0) is 40.0 Å². The Morgan fingerprint density at radius 3 is 2.61 bits per heavy atom. The number of rotatable bonds is 4. The monoisotopic (exact) mass is 312 g/mol. The Kier molecular flexibility index (Phi) is 4.11. The first-order chi connectivity index (χ1) is 8.61. The summed E-state index contributed by atoms with van der Waals surface area (Å²) in [7, 11) is 1.86. The van der Waals surface area contributed by atoms with E-state index in [2.05, 4.69) is 26.5 Å². The van der Waals surface area contributed by atoms with E-state index in [-0.39, 0.29) is 11.9 Å². The van der Waals surface area contributed by atoms with Crippen LogP contribution < -0.4 is 11.3 Å². The standard InChI is InChI=1S/C12H14BrFN4/c1-18-12(10(13)7-16-18)11(17-15)6-8-2-4-9(14)5-3-8/h2-5,7,11,17H,6,15H2,1H3. The molecule has 1 aromatic carbocycles. The van der Waals surface area contributed by atoms with Crippen molar-refractivity contribution in [3.05, 3.63) is 52.0 Å². The van der Waals surface area contributed by atoms with Gasteiger partial charge in [0.2, 0.25) is 0 Å². The first-order valence-electron chi connectivity index (χ1n) is 5.49. The van der Waals surface area contributed by atoms with Gasteiger partial charge in [0.05, 0.1) is 22.4 Å². The van der Waals surface area contributed by atoms with Crippen molar-refractivity contribution in [2.45, 2.75) is 12.5 Å². The third-order valence-electron chi connectivity index (χ3n) is 2.82. The maximum absolute atomic E-state index is 12.8. The summed E-state index contributed by atoms with van der Waals surface area (Å²) < 4.78 is 15.5. The molecule has 0 radical (unpaired) electrons. The molecular formula is C12H14BrFN4. The molecule has 0 amide bonds. The quantitative estimate of drug-likeness (QED) is 0.671. The first kappa shape index (κ1) is 13.2. The molecule has 1 aromatic heterocycles. The molecular weight excluding hydrogens is 299 g/mol. The summed E-state index contributed by atoms with van der Waals surface area (Å²) in [5.74, 6) is 5.36. The molecule has 0 saturated carbocycles. The summed E-state index contributed by atoms with van der Waals surface area (Å²) in [5, 5.41) is 4.15. The van der Waals surface area contributed by atoms with E-state index in [1.165, 1.54) is 12.1 Å². The van der Waals surface area contributed by atoms with Gasteiger partial charge in [0.15, 0.2) is 0 Å². The van der Waals surface area contributed by atoms with E-state index in [4.69, 9.17) is 5.84 Å². The molecule has 4 nitrogen and oxygen atoms in total. The zero-order valence-corrected chi connectivity index (χ0v) is 11.5. The summed E-state index contributed by atoms with van der Waals surface area (Å²) in [6.45, 7) is 0. The maximum Gasteiger partial charge on any atom is 0.123 e. The van der Waals surface area contributed by atoms with Crippen molar-refractivity contribution < 1.29 is 4.39 Å². The van der Waals surface area contributed by atoms with Gasteiger partial charge in [-0.2, -0.15) is 5.10 Å². The van der Waals surface area contributed by atoms with Crippen LogP contribution in [0.1, 0.15) is 17.3 Å². The lowest BCUT2D eigenvalue weighted by molar-refractivity contribution is 0.506. The molecule has 6 heteroatoms. The van der Waals surface area contributed by atoms with Crippen LogP contribution in [0.2, 0.25) is 0 Å². The fourth-order valence-corrected chi connectivity index (χ4v) is 2.53. The number of nitrogens with zero attached hydrogens (tertiary/aromatic N) is 2. The van der Waals surface area contributed by atoms with Gasteiger partial charge in [-0.1, -0.05) is 12.1 Å². The van der Waals surface area contributed by atoms with Gasteiger partial charge in [0.1, 0.15) is 5.82 Å². The Bertz CT molecular complexity index is 504. The molecule has 18 heavy (non-hydrogen) atoms. The summed E-state index contributed by atoms with van der Waals surface area (Å²) in [6, 6.07) is 6.31. The molecule has 0 saturated heterocycles. The van der Waals surface area contributed by atoms with Crippen LogP contribution in [-0.2, 0) is 13.5 Å². The Labute approximate surface area is 113 Å². The maximum atomic E-state index is 12.8. The number of halogens is 2. The normalized spacial score (nSPS) is 12.7. The third kappa shape index (κ3) is 2.77.